The van der Waals surface area contributed by atoms with Crippen LogP contribution in [0.25, 0.3) is 11.1 Å². The van der Waals surface area contributed by atoms with Gasteiger partial charge < -0.3 is 30.9 Å². The summed E-state index contributed by atoms with van der Waals surface area (Å²) >= 11 is 0. The van der Waals surface area contributed by atoms with Gasteiger partial charge in [0.25, 0.3) is 0 Å². The highest BCUT2D eigenvalue weighted by Crippen LogP contribution is 2.33. The van der Waals surface area contributed by atoms with E-state index in [0.29, 0.717) is 47.4 Å². The fourth-order valence-electron chi connectivity index (χ4n) is 5.27. The van der Waals surface area contributed by atoms with Crippen molar-refractivity contribution in [2.45, 2.75) is 30.8 Å². The average Bonchev–Trinajstić information content (AvgIpc) is 3.60. The molecule has 1 saturated heterocycles. The fraction of sp³-hybridized carbons (Fsp3) is 0.294. The molecule has 4 aromatic rings. The predicted molar refractivity (Wildman–Crippen MR) is 187 cm³/mol. The van der Waals surface area contributed by atoms with E-state index in [2.05, 4.69) is 35.2 Å². The number of likely N-dealkylation sites (tertiary alicyclic amines) is 1. The molecule has 1 aromatic heterocycles. The summed E-state index contributed by atoms with van der Waals surface area (Å²) in [6.07, 6.45) is -0.714. The normalized spacial score (nSPS) is 14.3. The molecule has 4 N–H and O–H groups in total. The van der Waals surface area contributed by atoms with Gasteiger partial charge in [-0.15, -0.1) is 4.36 Å². The zero-order valence-corrected chi connectivity index (χ0v) is 28.8. The molecular weight excluding hydrogens is 711 g/mol. The number of benzene rings is 3. The van der Waals surface area contributed by atoms with E-state index in [0.717, 1.165) is 38.5 Å². The number of hydrogen-bond donors (Lipinski definition) is 4. The van der Waals surface area contributed by atoms with Crippen LogP contribution in [0.3, 0.4) is 0 Å². The van der Waals surface area contributed by atoms with Gasteiger partial charge in [-0.1, -0.05) is 12.1 Å². The van der Waals surface area contributed by atoms with Gasteiger partial charge in [0, 0.05) is 41.7 Å². The zero-order valence-electron chi connectivity index (χ0n) is 28.0. The molecule has 276 valence electrons. The van der Waals surface area contributed by atoms with Gasteiger partial charge in [-0.25, -0.2) is 27.6 Å². The topological polar surface area (TPSA) is 150 Å². The molecule has 52 heavy (non-hydrogen) atoms. The van der Waals surface area contributed by atoms with Gasteiger partial charge in [0.2, 0.25) is 5.95 Å². The number of halogens is 5. The highest BCUT2D eigenvalue weighted by molar-refractivity contribution is 7.93. The van der Waals surface area contributed by atoms with Crippen molar-refractivity contribution < 1.29 is 40.5 Å². The van der Waals surface area contributed by atoms with E-state index in [1.165, 1.54) is 24.6 Å². The van der Waals surface area contributed by atoms with Crippen LogP contribution in [0, 0.1) is 11.6 Å². The van der Waals surface area contributed by atoms with Crippen molar-refractivity contribution in [2.75, 3.05) is 60.3 Å². The van der Waals surface area contributed by atoms with Crippen molar-refractivity contribution in [3.05, 3.63) is 84.1 Å². The quantitative estimate of drug-likeness (QED) is 0.112. The van der Waals surface area contributed by atoms with Gasteiger partial charge in [0.15, 0.2) is 0 Å². The number of amides is 3. The Balaban J connectivity index is 1.37. The minimum absolute atomic E-state index is 0.0840. The Morgan fingerprint density at radius 1 is 0.981 bits per heavy atom. The molecule has 0 spiro atoms. The molecule has 1 fully saturated rings. The number of carbonyl (C=O) groups excluding carboxylic acids is 2. The second kappa shape index (κ2) is 16.3. The smallest absolute Gasteiger partial charge is 0.442 e. The number of rotatable bonds is 11. The van der Waals surface area contributed by atoms with Crippen molar-refractivity contribution in [3.63, 3.8) is 0 Å². The number of anilines is 5. The first-order valence-electron chi connectivity index (χ1n) is 16.1. The predicted octanol–water partition coefficient (Wildman–Crippen LogP) is 7.95. The third-order valence-electron chi connectivity index (χ3n) is 7.82. The van der Waals surface area contributed by atoms with Crippen LogP contribution in [0.4, 0.5) is 60.4 Å². The molecule has 1 aliphatic rings. The SMILES string of the molecule is CCOC(=O)N=[S@](C)(=O)c1cccc(Nc2ncc(-c3ccc(NC(=O)Nc4cc(C(F)(F)F)ccc4F)c(F)c3)c(NCCN3CCCC3)n2)c1. The molecule has 0 saturated carbocycles. The molecule has 12 nitrogen and oxygen atoms in total. The first-order chi connectivity index (χ1) is 24.7. The molecule has 0 aliphatic carbocycles. The van der Waals surface area contributed by atoms with Crippen LogP contribution < -0.4 is 21.3 Å². The number of carbonyl (C=O) groups is 2. The second-order valence-corrected chi connectivity index (χ2v) is 13.9. The fourth-order valence-corrected chi connectivity index (χ4v) is 6.39. The third-order valence-corrected chi connectivity index (χ3v) is 9.45. The number of urea groups is 1. The number of nitrogens with zero attached hydrogens (tertiary/aromatic N) is 4. The van der Waals surface area contributed by atoms with E-state index in [-0.39, 0.29) is 23.1 Å². The van der Waals surface area contributed by atoms with E-state index in [1.807, 2.05) is 5.32 Å². The lowest BCUT2D eigenvalue weighted by Crippen LogP contribution is -2.26. The Hall–Kier alpha value is -5.36. The summed E-state index contributed by atoms with van der Waals surface area (Å²) in [7, 11) is -3.13. The lowest BCUT2D eigenvalue weighted by Gasteiger charge is -2.17. The van der Waals surface area contributed by atoms with Crippen LogP contribution in [0.5, 0.6) is 0 Å². The van der Waals surface area contributed by atoms with E-state index < -0.39 is 50.9 Å². The van der Waals surface area contributed by atoms with Crippen molar-refractivity contribution in [2.24, 2.45) is 4.36 Å². The maximum atomic E-state index is 15.3. The minimum Gasteiger partial charge on any atom is -0.448 e. The van der Waals surface area contributed by atoms with E-state index in [1.54, 1.807) is 31.2 Å². The lowest BCUT2D eigenvalue weighted by atomic mass is 10.1. The van der Waals surface area contributed by atoms with Crippen LogP contribution in [0.15, 0.2) is 76.1 Å². The first-order valence-corrected chi connectivity index (χ1v) is 18.0. The highest BCUT2D eigenvalue weighted by atomic mass is 32.2. The molecule has 18 heteroatoms. The first kappa shape index (κ1) is 37.9. The Morgan fingerprint density at radius 3 is 2.44 bits per heavy atom. The van der Waals surface area contributed by atoms with Crippen LogP contribution in [0.2, 0.25) is 0 Å². The molecule has 1 atom stereocenters. The Labute approximate surface area is 296 Å². The lowest BCUT2D eigenvalue weighted by molar-refractivity contribution is -0.137. The van der Waals surface area contributed by atoms with E-state index >= 15 is 4.39 Å². The summed E-state index contributed by atoms with van der Waals surface area (Å²) < 4.78 is 90.3. The number of nitrogens with one attached hydrogen (secondary N) is 4. The van der Waals surface area contributed by atoms with Crippen LogP contribution in [0.1, 0.15) is 25.3 Å². The summed E-state index contributed by atoms with van der Waals surface area (Å²) in [5.41, 5.74) is -1.04. The molecule has 1 aliphatic heterocycles. The van der Waals surface area contributed by atoms with Gasteiger partial charge in [-0.05, 0) is 86.9 Å². The third kappa shape index (κ3) is 9.91. The van der Waals surface area contributed by atoms with Crippen molar-refractivity contribution in [1.29, 1.82) is 0 Å². The maximum absolute atomic E-state index is 15.3. The summed E-state index contributed by atoms with van der Waals surface area (Å²) in [4.78, 5) is 35.9. The van der Waals surface area contributed by atoms with Crippen molar-refractivity contribution in [3.8, 4) is 11.1 Å². The van der Waals surface area contributed by atoms with Crippen LogP contribution in [-0.2, 0) is 20.6 Å². The average molecular weight is 747 g/mol. The number of alkyl halides is 3. The summed E-state index contributed by atoms with van der Waals surface area (Å²) in [5.74, 6) is -1.51. The van der Waals surface area contributed by atoms with Gasteiger partial charge in [0.1, 0.15) is 17.5 Å². The molecule has 2 heterocycles. The molecule has 0 radical (unpaired) electrons. The van der Waals surface area contributed by atoms with Gasteiger partial charge in [-0.3, -0.25) is 0 Å². The number of hydrogen-bond acceptors (Lipinski definition) is 9. The van der Waals surface area contributed by atoms with E-state index in [9.17, 15) is 31.4 Å². The van der Waals surface area contributed by atoms with Crippen LogP contribution >= 0.6 is 0 Å². The van der Waals surface area contributed by atoms with Gasteiger partial charge >= 0.3 is 18.3 Å². The highest BCUT2D eigenvalue weighted by Gasteiger charge is 2.31. The Kier molecular flexibility index (Phi) is 11.9. The van der Waals surface area contributed by atoms with Gasteiger partial charge in [-0.2, -0.15) is 18.2 Å². The molecule has 3 amide bonds. The number of ether oxygens (including phenoxy) is 1. The monoisotopic (exact) mass is 746 g/mol. The minimum atomic E-state index is -4.77. The maximum Gasteiger partial charge on any atom is 0.442 e. The summed E-state index contributed by atoms with van der Waals surface area (Å²) in [5, 5.41) is 10.5. The van der Waals surface area contributed by atoms with E-state index in [4.69, 9.17) is 4.74 Å². The van der Waals surface area contributed by atoms with Gasteiger partial charge in [0.05, 0.1) is 33.3 Å². The molecule has 3 aromatic carbocycles. The Morgan fingerprint density at radius 2 is 1.73 bits per heavy atom. The number of aromatic nitrogens is 2. The second-order valence-electron chi connectivity index (χ2n) is 11.6. The molecule has 0 unspecified atom stereocenters. The zero-order chi connectivity index (χ0) is 37.5. The van der Waals surface area contributed by atoms with Crippen molar-refractivity contribution >= 4 is 50.7 Å². The largest absolute Gasteiger partial charge is 0.448 e. The molecule has 5 rings (SSSR count). The summed E-state index contributed by atoms with van der Waals surface area (Å²) in [6, 6.07) is 10.6. The van der Waals surface area contributed by atoms with Crippen molar-refractivity contribution in [1.82, 2.24) is 14.9 Å². The van der Waals surface area contributed by atoms with Crippen LogP contribution in [-0.4, -0.2) is 70.2 Å². The Bertz CT molecular complexity index is 2070. The molecular formula is C34H35F5N8O4S. The molecule has 0 bridgehead atoms. The standard InChI is InChI=1S/C34H35F5N8O4S/c1-3-51-33(49)46-52(2,50)24-8-6-7-23(19-24)42-31-41-20-25(30(45-31)40-13-16-47-14-4-5-15-47)21-9-12-28(27(36)17-21)43-32(48)44-29-18-22(34(37,38)39)10-11-26(29)35/h6-12,17-20H,3-5,13-16H2,1-2H3,(H2,43,44,48)(H2,40,41,42,45)/t52-/m1/s1. The summed E-state index contributed by atoms with van der Waals surface area (Å²) in [6.45, 7) is 4.86.